The number of aryl methyl sites for hydroxylation is 1. The standard InChI is InChI=1S/C21H25N3O3S2/c1-2-17-14-28-21(22-17)19(23-20(25)13-15-6-4-3-5-7-15)12-16-8-10-18(11-9-16)24-29(26)27/h3-10,14,18-19,24H,2,11-13H2,1H3,(H,23,25)(H,26,27)/t18?,19-/m0/s1. The maximum atomic E-state index is 12.6. The molecule has 2 unspecified atom stereocenters. The molecule has 0 aliphatic heterocycles. The van der Waals surface area contributed by atoms with Gasteiger partial charge in [-0.3, -0.25) is 9.35 Å². The van der Waals surface area contributed by atoms with Crippen LogP contribution in [-0.2, 0) is 28.9 Å². The molecule has 0 spiro atoms. The Hall–Kier alpha value is -2.13. The molecule has 0 bridgehead atoms. The first-order chi connectivity index (χ1) is 14.0. The summed E-state index contributed by atoms with van der Waals surface area (Å²) in [6.07, 6.45) is 8.30. The van der Waals surface area contributed by atoms with E-state index in [1.54, 1.807) is 11.3 Å². The van der Waals surface area contributed by atoms with Gasteiger partial charge in [-0.05, 0) is 30.4 Å². The summed E-state index contributed by atoms with van der Waals surface area (Å²) < 4.78 is 22.4. The molecule has 1 amide bonds. The Labute approximate surface area is 177 Å². The molecule has 29 heavy (non-hydrogen) atoms. The summed E-state index contributed by atoms with van der Waals surface area (Å²) in [6.45, 7) is 2.06. The number of nitrogens with one attached hydrogen (secondary N) is 2. The van der Waals surface area contributed by atoms with E-state index >= 15 is 0 Å². The first-order valence-corrected chi connectivity index (χ1v) is 11.5. The fourth-order valence-electron chi connectivity index (χ4n) is 3.14. The maximum absolute atomic E-state index is 12.6. The monoisotopic (exact) mass is 431 g/mol. The van der Waals surface area contributed by atoms with Crippen molar-refractivity contribution < 1.29 is 13.6 Å². The molecule has 1 heterocycles. The number of carbonyl (C=O) groups is 1. The van der Waals surface area contributed by atoms with Crippen molar-refractivity contribution in [3.63, 3.8) is 0 Å². The molecule has 3 rings (SSSR count). The number of benzene rings is 1. The number of aromatic nitrogens is 1. The second-order valence-electron chi connectivity index (χ2n) is 6.86. The van der Waals surface area contributed by atoms with Gasteiger partial charge in [-0.2, -0.15) is 0 Å². The molecule has 1 aromatic carbocycles. The molecule has 6 nitrogen and oxygen atoms in total. The van der Waals surface area contributed by atoms with Crippen molar-refractivity contribution in [3.05, 3.63) is 75.8 Å². The number of rotatable bonds is 9. The Bertz CT molecular complexity index is 909. The summed E-state index contributed by atoms with van der Waals surface area (Å²) in [5, 5.41) is 6.07. The van der Waals surface area contributed by atoms with Crippen molar-refractivity contribution in [1.82, 2.24) is 15.0 Å². The van der Waals surface area contributed by atoms with Crippen LogP contribution in [0.5, 0.6) is 0 Å². The molecule has 154 valence electrons. The third-order valence-electron chi connectivity index (χ3n) is 4.64. The van der Waals surface area contributed by atoms with Crippen LogP contribution in [0.15, 0.2) is 59.5 Å². The number of hydrogen-bond donors (Lipinski definition) is 3. The fraction of sp³-hybridized carbons (Fsp3) is 0.333. The van der Waals surface area contributed by atoms with Crippen LogP contribution in [-0.4, -0.2) is 25.7 Å². The molecular weight excluding hydrogens is 406 g/mol. The van der Waals surface area contributed by atoms with Gasteiger partial charge in [-0.1, -0.05) is 55.5 Å². The number of hydrogen-bond acceptors (Lipinski definition) is 4. The van der Waals surface area contributed by atoms with Crippen molar-refractivity contribution in [1.29, 1.82) is 0 Å². The zero-order valence-electron chi connectivity index (χ0n) is 16.2. The Balaban J connectivity index is 1.68. The normalized spacial score (nSPS) is 18.1. The largest absolute Gasteiger partial charge is 0.346 e. The van der Waals surface area contributed by atoms with Crippen LogP contribution in [0.4, 0.5) is 0 Å². The molecule has 0 saturated carbocycles. The Kier molecular flexibility index (Phi) is 7.88. The van der Waals surface area contributed by atoms with E-state index in [1.165, 1.54) is 0 Å². The number of allylic oxidation sites excluding steroid dienone is 1. The molecule has 8 heteroatoms. The molecule has 2 aromatic rings. The molecule has 0 saturated heterocycles. The first-order valence-electron chi connectivity index (χ1n) is 9.55. The van der Waals surface area contributed by atoms with Crippen LogP contribution in [0, 0.1) is 0 Å². The van der Waals surface area contributed by atoms with Gasteiger partial charge in [0.2, 0.25) is 17.2 Å². The van der Waals surface area contributed by atoms with Crippen LogP contribution in [0.2, 0.25) is 0 Å². The van der Waals surface area contributed by atoms with E-state index in [-0.39, 0.29) is 18.0 Å². The zero-order chi connectivity index (χ0) is 20.6. The average Bonchev–Trinajstić information content (AvgIpc) is 3.18. The van der Waals surface area contributed by atoms with E-state index in [1.807, 2.05) is 53.9 Å². The van der Waals surface area contributed by atoms with Crippen LogP contribution in [0.3, 0.4) is 0 Å². The van der Waals surface area contributed by atoms with Gasteiger partial charge in [0.15, 0.2) is 0 Å². The van der Waals surface area contributed by atoms with Crippen molar-refractivity contribution in [3.8, 4) is 0 Å². The van der Waals surface area contributed by atoms with E-state index in [0.717, 1.165) is 28.3 Å². The quantitative estimate of drug-likeness (QED) is 0.530. The lowest BCUT2D eigenvalue weighted by molar-refractivity contribution is -0.121. The Morgan fingerprint density at radius 1 is 1.38 bits per heavy atom. The van der Waals surface area contributed by atoms with Crippen LogP contribution < -0.4 is 10.0 Å². The lowest BCUT2D eigenvalue weighted by atomic mass is 9.98. The highest BCUT2D eigenvalue weighted by Gasteiger charge is 2.21. The van der Waals surface area contributed by atoms with E-state index < -0.39 is 11.3 Å². The van der Waals surface area contributed by atoms with Crippen LogP contribution in [0.25, 0.3) is 0 Å². The van der Waals surface area contributed by atoms with E-state index in [2.05, 4.69) is 21.9 Å². The van der Waals surface area contributed by atoms with Crippen molar-refractivity contribution in [2.75, 3.05) is 0 Å². The SMILES string of the molecule is CCc1csc([C@H](CC2=CCC(NS(=O)O)C=C2)NC(=O)Cc2ccccc2)n1. The minimum atomic E-state index is -2.04. The van der Waals surface area contributed by atoms with Gasteiger partial charge in [0.25, 0.3) is 0 Å². The number of amides is 1. The number of nitrogens with zero attached hydrogens (tertiary/aromatic N) is 1. The lowest BCUT2D eigenvalue weighted by Gasteiger charge is -2.20. The third-order valence-corrected chi connectivity index (χ3v) is 6.15. The molecule has 0 fully saturated rings. The molecular formula is C21H25N3O3S2. The summed E-state index contributed by atoms with van der Waals surface area (Å²) in [5.41, 5.74) is 3.07. The van der Waals surface area contributed by atoms with E-state index in [4.69, 9.17) is 4.55 Å². The highest BCUT2D eigenvalue weighted by molar-refractivity contribution is 7.77. The van der Waals surface area contributed by atoms with E-state index in [0.29, 0.717) is 19.3 Å². The Morgan fingerprint density at radius 3 is 2.79 bits per heavy atom. The highest BCUT2D eigenvalue weighted by atomic mass is 32.2. The highest BCUT2D eigenvalue weighted by Crippen LogP contribution is 2.27. The molecule has 1 aliphatic carbocycles. The first kappa shape index (κ1) is 21.6. The summed E-state index contributed by atoms with van der Waals surface area (Å²) in [6, 6.07) is 9.30. The molecule has 1 aliphatic rings. The average molecular weight is 432 g/mol. The molecule has 0 radical (unpaired) electrons. The summed E-state index contributed by atoms with van der Waals surface area (Å²) in [5.74, 6) is -0.0370. The van der Waals surface area contributed by atoms with Crippen LogP contribution >= 0.6 is 11.3 Å². The Morgan fingerprint density at radius 2 is 2.17 bits per heavy atom. The summed E-state index contributed by atoms with van der Waals surface area (Å²) in [4.78, 5) is 17.3. The molecule has 3 atom stereocenters. The predicted molar refractivity (Wildman–Crippen MR) is 117 cm³/mol. The summed E-state index contributed by atoms with van der Waals surface area (Å²) >= 11 is -0.471. The minimum Gasteiger partial charge on any atom is -0.346 e. The van der Waals surface area contributed by atoms with Gasteiger partial charge in [-0.25, -0.2) is 13.9 Å². The minimum absolute atomic E-state index is 0.0370. The second kappa shape index (κ2) is 10.6. The van der Waals surface area contributed by atoms with Gasteiger partial charge < -0.3 is 5.32 Å². The maximum Gasteiger partial charge on any atom is 0.232 e. The topological polar surface area (TPSA) is 91.3 Å². The van der Waals surface area contributed by atoms with Gasteiger partial charge in [0.05, 0.1) is 18.2 Å². The third kappa shape index (κ3) is 6.71. The van der Waals surface area contributed by atoms with Gasteiger partial charge in [0, 0.05) is 11.4 Å². The predicted octanol–water partition coefficient (Wildman–Crippen LogP) is 3.48. The fourth-order valence-corrected chi connectivity index (χ4v) is 4.53. The van der Waals surface area contributed by atoms with Gasteiger partial charge >= 0.3 is 0 Å². The number of carbonyl (C=O) groups excluding carboxylic acids is 1. The van der Waals surface area contributed by atoms with E-state index in [9.17, 15) is 9.00 Å². The molecule has 1 aromatic heterocycles. The van der Waals surface area contributed by atoms with Crippen molar-refractivity contribution >= 4 is 28.5 Å². The zero-order valence-corrected chi connectivity index (χ0v) is 17.8. The summed E-state index contributed by atoms with van der Waals surface area (Å²) in [7, 11) is 0. The van der Waals surface area contributed by atoms with Crippen LogP contribution in [0.1, 0.15) is 42.1 Å². The van der Waals surface area contributed by atoms with Gasteiger partial charge in [0.1, 0.15) is 5.01 Å². The second-order valence-corrected chi connectivity index (χ2v) is 8.49. The van der Waals surface area contributed by atoms with Crippen molar-refractivity contribution in [2.24, 2.45) is 0 Å². The van der Waals surface area contributed by atoms with Crippen molar-refractivity contribution in [2.45, 2.75) is 44.7 Å². The smallest absolute Gasteiger partial charge is 0.232 e. The molecule has 3 N–H and O–H groups in total. The van der Waals surface area contributed by atoms with Gasteiger partial charge in [-0.15, -0.1) is 11.3 Å². The lowest BCUT2D eigenvalue weighted by Crippen LogP contribution is -2.31. The number of thiazole rings is 1.